The maximum Gasteiger partial charge on any atom is 0.131 e. The zero-order chi connectivity index (χ0) is 16.8. The Labute approximate surface area is 140 Å². The van der Waals surface area contributed by atoms with Crippen molar-refractivity contribution in [1.29, 1.82) is 0 Å². The summed E-state index contributed by atoms with van der Waals surface area (Å²) in [5.41, 5.74) is 3.32. The zero-order valence-electron chi connectivity index (χ0n) is 13.7. The second-order valence-electron chi connectivity index (χ2n) is 6.26. The fraction of sp³-hybridized carbons (Fsp3) is 0.0909. The minimum atomic E-state index is 0.194. The highest BCUT2D eigenvalue weighted by molar-refractivity contribution is 6.01. The summed E-state index contributed by atoms with van der Waals surface area (Å²) in [5, 5.41) is 25.4. The molecule has 24 heavy (non-hydrogen) atoms. The fourth-order valence-electron chi connectivity index (χ4n) is 3.61. The molecule has 0 fully saturated rings. The predicted octanol–water partition coefficient (Wildman–Crippen LogP) is 5.69. The van der Waals surface area contributed by atoms with Gasteiger partial charge in [-0.05, 0) is 47.2 Å². The van der Waals surface area contributed by atoms with Crippen LogP contribution in [0.15, 0.2) is 60.7 Å². The lowest BCUT2D eigenvalue weighted by molar-refractivity contribution is 0.472. The topological polar surface area (TPSA) is 40.5 Å². The number of hydrogen-bond acceptors (Lipinski definition) is 2. The van der Waals surface area contributed by atoms with Gasteiger partial charge in [0.05, 0.1) is 0 Å². The maximum atomic E-state index is 10.9. The summed E-state index contributed by atoms with van der Waals surface area (Å²) >= 11 is 0. The third-order valence-electron chi connectivity index (χ3n) is 4.76. The lowest BCUT2D eigenvalue weighted by Gasteiger charge is -2.17. The van der Waals surface area contributed by atoms with Gasteiger partial charge in [-0.25, -0.2) is 0 Å². The normalized spacial score (nSPS) is 11.2. The van der Waals surface area contributed by atoms with Gasteiger partial charge in [0, 0.05) is 16.5 Å². The Bertz CT molecular complexity index is 1000. The first-order valence-electron chi connectivity index (χ1n) is 8.01. The van der Waals surface area contributed by atoms with Crippen molar-refractivity contribution >= 4 is 21.5 Å². The van der Waals surface area contributed by atoms with Crippen LogP contribution in [-0.4, -0.2) is 10.2 Å². The highest BCUT2D eigenvalue weighted by Crippen LogP contribution is 2.45. The van der Waals surface area contributed by atoms with Crippen LogP contribution in [0, 0.1) is 13.8 Å². The van der Waals surface area contributed by atoms with E-state index in [1.165, 1.54) is 0 Å². The van der Waals surface area contributed by atoms with Crippen LogP contribution in [0.25, 0.3) is 32.7 Å². The molecule has 0 amide bonds. The molecule has 0 aliphatic carbocycles. The van der Waals surface area contributed by atoms with E-state index >= 15 is 0 Å². The van der Waals surface area contributed by atoms with Crippen molar-refractivity contribution in [2.24, 2.45) is 0 Å². The number of aryl methyl sites for hydroxylation is 2. The molecule has 118 valence electrons. The number of fused-ring (bicyclic) bond motifs is 2. The summed E-state index contributed by atoms with van der Waals surface area (Å²) in [6.07, 6.45) is 0. The van der Waals surface area contributed by atoms with Gasteiger partial charge in [0.25, 0.3) is 0 Å². The molecule has 0 aromatic heterocycles. The standard InChI is InChI=1S/C22H18O2/c1-13-11-15-7-4-6-10-18(15)22(24)20(13)21-14(2)17-9-5-3-8-16(17)12-19(21)23/h3-12,23-24H,1-2H3. The Hall–Kier alpha value is -3.00. The van der Waals surface area contributed by atoms with E-state index in [2.05, 4.69) is 6.07 Å². The lowest BCUT2D eigenvalue weighted by Crippen LogP contribution is -1.92. The van der Waals surface area contributed by atoms with Crippen LogP contribution in [-0.2, 0) is 0 Å². The van der Waals surface area contributed by atoms with Crippen LogP contribution in [0.2, 0.25) is 0 Å². The summed E-state index contributed by atoms with van der Waals surface area (Å²) in [7, 11) is 0. The van der Waals surface area contributed by atoms with Crippen LogP contribution < -0.4 is 0 Å². The molecule has 0 atom stereocenters. The van der Waals surface area contributed by atoms with Crippen molar-refractivity contribution in [2.75, 3.05) is 0 Å². The van der Waals surface area contributed by atoms with Crippen molar-refractivity contribution in [3.05, 3.63) is 71.8 Å². The second-order valence-corrected chi connectivity index (χ2v) is 6.26. The number of hydrogen-bond donors (Lipinski definition) is 2. The molecule has 0 aliphatic rings. The number of phenolic OH excluding ortho intramolecular Hbond substituents is 2. The molecule has 0 unspecified atom stereocenters. The Morgan fingerprint density at radius 2 is 1.25 bits per heavy atom. The van der Waals surface area contributed by atoms with E-state index in [9.17, 15) is 10.2 Å². The SMILES string of the molecule is Cc1cc2ccccc2c(O)c1-c1c(O)cc2ccccc2c1C. The van der Waals surface area contributed by atoms with Gasteiger partial charge in [0.15, 0.2) is 0 Å². The molecule has 0 radical (unpaired) electrons. The van der Waals surface area contributed by atoms with Crippen molar-refractivity contribution in [3.8, 4) is 22.6 Å². The van der Waals surface area contributed by atoms with Gasteiger partial charge in [-0.3, -0.25) is 0 Å². The number of rotatable bonds is 1. The summed E-state index contributed by atoms with van der Waals surface area (Å²) in [4.78, 5) is 0. The summed E-state index contributed by atoms with van der Waals surface area (Å²) in [6, 6.07) is 19.6. The van der Waals surface area contributed by atoms with Crippen LogP contribution in [0.3, 0.4) is 0 Å². The first kappa shape index (κ1) is 14.6. The van der Waals surface area contributed by atoms with E-state index < -0.39 is 0 Å². The average molecular weight is 314 g/mol. The van der Waals surface area contributed by atoms with Crippen LogP contribution >= 0.6 is 0 Å². The fourth-order valence-corrected chi connectivity index (χ4v) is 3.61. The van der Waals surface area contributed by atoms with Gasteiger partial charge in [0.2, 0.25) is 0 Å². The molecule has 0 aliphatic heterocycles. The summed E-state index contributed by atoms with van der Waals surface area (Å²) in [5.74, 6) is 0.416. The monoisotopic (exact) mass is 314 g/mol. The largest absolute Gasteiger partial charge is 0.507 e. The van der Waals surface area contributed by atoms with Crippen LogP contribution in [0.4, 0.5) is 0 Å². The van der Waals surface area contributed by atoms with Gasteiger partial charge in [-0.1, -0.05) is 54.6 Å². The van der Waals surface area contributed by atoms with Crippen molar-refractivity contribution < 1.29 is 10.2 Å². The molecule has 0 heterocycles. The first-order chi connectivity index (χ1) is 11.6. The Morgan fingerprint density at radius 1 is 0.667 bits per heavy atom. The molecule has 0 spiro atoms. The van der Waals surface area contributed by atoms with E-state index in [0.717, 1.165) is 32.7 Å². The van der Waals surface area contributed by atoms with Gasteiger partial charge < -0.3 is 10.2 Å². The van der Waals surface area contributed by atoms with Crippen molar-refractivity contribution in [2.45, 2.75) is 13.8 Å². The highest BCUT2D eigenvalue weighted by Gasteiger charge is 2.19. The second kappa shape index (κ2) is 5.27. The molecule has 0 bridgehead atoms. The van der Waals surface area contributed by atoms with E-state index in [1.54, 1.807) is 6.07 Å². The summed E-state index contributed by atoms with van der Waals surface area (Å²) in [6.45, 7) is 3.96. The van der Waals surface area contributed by atoms with Crippen LogP contribution in [0.1, 0.15) is 11.1 Å². The zero-order valence-corrected chi connectivity index (χ0v) is 13.7. The minimum Gasteiger partial charge on any atom is -0.507 e. The van der Waals surface area contributed by atoms with Gasteiger partial charge >= 0.3 is 0 Å². The van der Waals surface area contributed by atoms with E-state index in [4.69, 9.17) is 0 Å². The molecule has 0 saturated heterocycles. The Balaban J connectivity index is 2.14. The number of benzene rings is 4. The van der Waals surface area contributed by atoms with E-state index in [-0.39, 0.29) is 11.5 Å². The lowest BCUT2D eigenvalue weighted by atomic mass is 9.89. The quantitative estimate of drug-likeness (QED) is 0.474. The molecule has 4 aromatic rings. The molecule has 2 N–H and O–H groups in total. The van der Waals surface area contributed by atoms with Gasteiger partial charge in [0.1, 0.15) is 11.5 Å². The summed E-state index contributed by atoms with van der Waals surface area (Å²) < 4.78 is 0. The van der Waals surface area contributed by atoms with E-state index in [0.29, 0.717) is 11.1 Å². The van der Waals surface area contributed by atoms with Crippen molar-refractivity contribution in [3.63, 3.8) is 0 Å². The minimum absolute atomic E-state index is 0.194. The van der Waals surface area contributed by atoms with Gasteiger partial charge in [-0.15, -0.1) is 0 Å². The molecule has 4 aromatic carbocycles. The Morgan fingerprint density at radius 3 is 1.96 bits per heavy atom. The van der Waals surface area contributed by atoms with E-state index in [1.807, 2.05) is 62.4 Å². The molecule has 4 rings (SSSR count). The number of phenols is 2. The molecular formula is C22H18O2. The molecule has 0 saturated carbocycles. The average Bonchev–Trinajstić information content (AvgIpc) is 2.57. The smallest absolute Gasteiger partial charge is 0.131 e. The molecular weight excluding hydrogens is 296 g/mol. The third kappa shape index (κ3) is 2.04. The van der Waals surface area contributed by atoms with Crippen molar-refractivity contribution in [1.82, 2.24) is 0 Å². The maximum absolute atomic E-state index is 10.9. The third-order valence-corrected chi connectivity index (χ3v) is 4.76. The number of aromatic hydroxyl groups is 2. The van der Waals surface area contributed by atoms with Crippen LogP contribution in [0.5, 0.6) is 11.5 Å². The predicted molar refractivity (Wildman–Crippen MR) is 99.7 cm³/mol. The van der Waals surface area contributed by atoms with Gasteiger partial charge in [-0.2, -0.15) is 0 Å². The molecule has 2 heteroatoms. The highest BCUT2D eigenvalue weighted by atomic mass is 16.3. The first-order valence-corrected chi connectivity index (χ1v) is 8.01. The molecule has 2 nitrogen and oxygen atoms in total. The Kier molecular flexibility index (Phi) is 3.20.